The molecule has 22 heavy (non-hydrogen) atoms. The van der Waals surface area contributed by atoms with E-state index in [0.717, 1.165) is 25.9 Å². The maximum absolute atomic E-state index is 12.6. The van der Waals surface area contributed by atoms with Gasteiger partial charge < -0.3 is 10.1 Å². The van der Waals surface area contributed by atoms with Crippen molar-refractivity contribution in [3.05, 3.63) is 34.9 Å². The van der Waals surface area contributed by atoms with Gasteiger partial charge in [0.1, 0.15) is 5.60 Å². The van der Waals surface area contributed by atoms with E-state index in [4.69, 9.17) is 4.74 Å². The number of ether oxygens (including phenoxy) is 1. The highest BCUT2D eigenvalue weighted by atomic mass is 16.6. The van der Waals surface area contributed by atoms with Crippen LogP contribution in [0.2, 0.25) is 0 Å². The number of benzene rings is 1. The normalized spacial score (nSPS) is 21.6. The van der Waals surface area contributed by atoms with Gasteiger partial charge >= 0.3 is 6.09 Å². The van der Waals surface area contributed by atoms with Gasteiger partial charge in [-0.3, -0.25) is 4.90 Å². The number of hydrogen-bond acceptors (Lipinski definition) is 3. The van der Waals surface area contributed by atoms with E-state index in [1.165, 1.54) is 23.1 Å². The summed E-state index contributed by atoms with van der Waals surface area (Å²) in [7, 11) is 0. The molecule has 1 aliphatic carbocycles. The third kappa shape index (κ3) is 3.12. The van der Waals surface area contributed by atoms with Crippen molar-refractivity contribution in [1.29, 1.82) is 0 Å². The highest BCUT2D eigenvalue weighted by Crippen LogP contribution is 2.33. The van der Waals surface area contributed by atoms with Crippen LogP contribution < -0.4 is 5.32 Å². The zero-order valence-corrected chi connectivity index (χ0v) is 13.8. The van der Waals surface area contributed by atoms with Crippen molar-refractivity contribution < 1.29 is 9.53 Å². The Morgan fingerprint density at radius 3 is 2.91 bits per heavy atom. The maximum Gasteiger partial charge on any atom is 0.410 e. The number of carbonyl (C=O) groups excluding carboxylic acids is 1. The van der Waals surface area contributed by atoms with Gasteiger partial charge in [-0.05, 0) is 56.7 Å². The minimum absolute atomic E-state index is 0.0802. The van der Waals surface area contributed by atoms with Gasteiger partial charge in [0.2, 0.25) is 0 Å². The van der Waals surface area contributed by atoms with E-state index in [2.05, 4.69) is 23.5 Å². The third-order valence-corrected chi connectivity index (χ3v) is 4.41. The quantitative estimate of drug-likeness (QED) is 0.867. The van der Waals surface area contributed by atoms with Gasteiger partial charge in [-0.25, -0.2) is 4.79 Å². The summed E-state index contributed by atoms with van der Waals surface area (Å²) in [6, 6.07) is 6.61. The summed E-state index contributed by atoms with van der Waals surface area (Å²) in [6.07, 6.45) is 3.31. The average Bonchev–Trinajstić information content (AvgIpc) is 2.93. The van der Waals surface area contributed by atoms with Crippen LogP contribution in [0.1, 0.15) is 49.9 Å². The molecule has 0 bridgehead atoms. The van der Waals surface area contributed by atoms with Gasteiger partial charge in [0.05, 0.1) is 6.04 Å². The number of fused-ring (bicyclic) bond motifs is 1. The molecule has 0 spiro atoms. The number of aryl methyl sites for hydroxylation is 1. The molecule has 0 aromatic heterocycles. The van der Waals surface area contributed by atoms with E-state index in [-0.39, 0.29) is 12.1 Å². The average molecular weight is 302 g/mol. The fourth-order valence-corrected chi connectivity index (χ4v) is 3.48. The van der Waals surface area contributed by atoms with Gasteiger partial charge in [0.15, 0.2) is 0 Å². The number of carbonyl (C=O) groups is 1. The summed E-state index contributed by atoms with van der Waals surface area (Å²) in [5, 5.41) is 3.42. The lowest BCUT2D eigenvalue weighted by molar-refractivity contribution is 0.0117. The Hall–Kier alpha value is -1.55. The molecule has 0 radical (unpaired) electrons. The first-order chi connectivity index (χ1) is 10.5. The molecule has 1 unspecified atom stereocenters. The van der Waals surface area contributed by atoms with Gasteiger partial charge in [0.25, 0.3) is 0 Å². The summed E-state index contributed by atoms with van der Waals surface area (Å²) >= 11 is 0. The third-order valence-electron chi connectivity index (χ3n) is 4.41. The minimum Gasteiger partial charge on any atom is -0.444 e. The van der Waals surface area contributed by atoms with E-state index in [1.807, 2.05) is 25.7 Å². The molecule has 1 N–H and O–H groups in total. The Morgan fingerprint density at radius 2 is 2.14 bits per heavy atom. The Kier molecular flexibility index (Phi) is 4.13. The molecule has 3 rings (SSSR count). The number of nitrogens with one attached hydrogen (secondary N) is 1. The largest absolute Gasteiger partial charge is 0.444 e. The summed E-state index contributed by atoms with van der Waals surface area (Å²) in [5.41, 5.74) is 3.75. The van der Waals surface area contributed by atoms with Crippen molar-refractivity contribution in [1.82, 2.24) is 10.2 Å². The fourth-order valence-electron chi connectivity index (χ4n) is 3.48. The molecule has 1 atom stereocenters. The van der Waals surface area contributed by atoms with Gasteiger partial charge in [-0.2, -0.15) is 0 Å². The Morgan fingerprint density at radius 1 is 1.32 bits per heavy atom. The van der Waals surface area contributed by atoms with Crippen molar-refractivity contribution in [3.8, 4) is 0 Å². The van der Waals surface area contributed by atoms with Crippen molar-refractivity contribution in [2.75, 3.05) is 19.6 Å². The molecule has 1 aromatic rings. The first-order valence-electron chi connectivity index (χ1n) is 8.27. The van der Waals surface area contributed by atoms with Gasteiger partial charge in [0, 0.05) is 19.6 Å². The van der Waals surface area contributed by atoms with Crippen LogP contribution in [-0.4, -0.2) is 36.2 Å². The standard InChI is InChI=1S/C18H26N2O2/c1-18(2,3)22-17(21)20-11-10-19-12-16(20)15-9-5-7-13-6-4-8-14(13)15/h5,7,9,16,19H,4,6,8,10-12H2,1-3H3. The lowest BCUT2D eigenvalue weighted by Crippen LogP contribution is -2.50. The molecule has 1 saturated heterocycles. The second-order valence-corrected chi connectivity index (χ2v) is 7.23. The van der Waals surface area contributed by atoms with Crippen LogP contribution in [0.4, 0.5) is 4.79 Å². The summed E-state index contributed by atoms with van der Waals surface area (Å²) in [6.45, 7) is 8.08. The maximum atomic E-state index is 12.6. The van der Waals surface area contributed by atoms with Crippen LogP contribution >= 0.6 is 0 Å². The van der Waals surface area contributed by atoms with Gasteiger partial charge in [-0.15, -0.1) is 0 Å². The number of nitrogens with zero attached hydrogens (tertiary/aromatic N) is 1. The van der Waals surface area contributed by atoms with E-state index >= 15 is 0 Å². The van der Waals surface area contributed by atoms with E-state index in [1.54, 1.807) is 0 Å². The predicted octanol–water partition coefficient (Wildman–Crippen LogP) is 3.06. The smallest absolute Gasteiger partial charge is 0.410 e. The van der Waals surface area contributed by atoms with Crippen molar-refractivity contribution in [2.45, 2.75) is 51.7 Å². The molecule has 1 fully saturated rings. The summed E-state index contributed by atoms with van der Waals surface area (Å²) in [5.74, 6) is 0. The molecule has 1 heterocycles. The molecule has 0 saturated carbocycles. The molecular weight excluding hydrogens is 276 g/mol. The molecular formula is C18H26N2O2. The SMILES string of the molecule is CC(C)(C)OC(=O)N1CCNCC1c1cccc2c1CCC2. The van der Waals surface area contributed by atoms with Gasteiger partial charge in [-0.1, -0.05) is 18.2 Å². The van der Waals surface area contributed by atoms with E-state index in [9.17, 15) is 4.79 Å². The monoisotopic (exact) mass is 302 g/mol. The second-order valence-electron chi connectivity index (χ2n) is 7.23. The number of piperazine rings is 1. The fraction of sp³-hybridized carbons (Fsp3) is 0.611. The zero-order valence-electron chi connectivity index (χ0n) is 13.8. The molecule has 1 aromatic carbocycles. The zero-order chi connectivity index (χ0) is 15.7. The topological polar surface area (TPSA) is 41.6 Å². The number of amides is 1. The summed E-state index contributed by atoms with van der Waals surface area (Å²) in [4.78, 5) is 14.5. The van der Waals surface area contributed by atoms with Crippen LogP contribution in [-0.2, 0) is 17.6 Å². The Bertz CT molecular complexity index is 563. The van der Waals surface area contributed by atoms with E-state index in [0.29, 0.717) is 6.54 Å². The van der Waals surface area contributed by atoms with Crippen LogP contribution in [0.3, 0.4) is 0 Å². The molecule has 4 heteroatoms. The summed E-state index contributed by atoms with van der Waals surface area (Å²) < 4.78 is 5.61. The lowest BCUT2D eigenvalue weighted by Gasteiger charge is -2.38. The molecule has 2 aliphatic rings. The van der Waals surface area contributed by atoms with Crippen molar-refractivity contribution in [2.24, 2.45) is 0 Å². The van der Waals surface area contributed by atoms with E-state index < -0.39 is 5.60 Å². The van der Waals surface area contributed by atoms with Crippen molar-refractivity contribution in [3.63, 3.8) is 0 Å². The van der Waals surface area contributed by atoms with Crippen LogP contribution in [0.25, 0.3) is 0 Å². The van der Waals surface area contributed by atoms with Crippen LogP contribution in [0.15, 0.2) is 18.2 Å². The van der Waals surface area contributed by atoms with Crippen LogP contribution in [0, 0.1) is 0 Å². The number of rotatable bonds is 1. The molecule has 1 amide bonds. The number of hydrogen-bond donors (Lipinski definition) is 1. The predicted molar refractivity (Wildman–Crippen MR) is 87.0 cm³/mol. The first kappa shape index (κ1) is 15.3. The lowest BCUT2D eigenvalue weighted by atomic mass is 9.95. The van der Waals surface area contributed by atoms with Crippen LogP contribution in [0.5, 0.6) is 0 Å². The highest BCUT2D eigenvalue weighted by Gasteiger charge is 2.33. The molecule has 4 nitrogen and oxygen atoms in total. The Balaban J connectivity index is 1.87. The Labute approximate surface area is 132 Å². The first-order valence-corrected chi connectivity index (χ1v) is 8.27. The highest BCUT2D eigenvalue weighted by molar-refractivity contribution is 5.69. The minimum atomic E-state index is -0.453. The second kappa shape index (κ2) is 5.92. The molecule has 120 valence electrons. The van der Waals surface area contributed by atoms with Crippen molar-refractivity contribution >= 4 is 6.09 Å². The molecule has 1 aliphatic heterocycles.